The molecule has 0 heterocycles. The SMILES string of the molecule is CCCCCCCCCCCCCCCCCCCCCCCCCC(O)CCCCCCCCCCCCCCCCCCCCCCCCCCCCO. The molecule has 0 aliphatic carbocycles. The highest BCUT2D eigenvalue weighted by atomic mass is 16.3. The van der Waals surface area contributed by atoms with Gasteiger partial charge in [-0.25, -0.2) is 0 Å². The van der Waals surface area contributed by atoms with Crippen molar-refractivity contribution in [3.63, 3.8) is 0 Å². The lowest BCUT2D eigenvalue weighted by molar-refractivity contribution is 0.147. The molecule has 0 rings (SSSR count). The number of aliphatic hydroxyl groups is 2. The van der Waals surface area contributed by atoms with Crippen LogP contribution in [0, 0.1) is 0 Å². The van der Waals surface area contributed by atoms with Gasteiger partial charge in [0.2, 0.25) is 0 Å². The van der Waals surface area contributed by atoms with Crippen molar-refractivity contribution in [2.24, 2.45) is 0 Å². The molecule has 2 heteroatoms. The maximum Gasteiger partial charge on any atom is 0.0540 e. The van der Waals surface area contributed by atoms with E-state index in [2.05, 4.69) is 6.92 Å². The Hall–Kier alpha value is -0.0800. The topological polar surface area (TPSA) is 40.5 Å². The second-order valence-corrected chi connectivity index (χ2v) is 18.9. The molecule has 1 atom stereocenters. The fraction of sp³-hybridized carbons (Fsp3) is 1.00. The van der Waals surface area contributed by atoms with Gasteiger partial charge in [-0.3, -0.25) is 0 Å². The first-order valence-electron chi connectivity index (χ1n) is 27.1. The lowest BCUT2D eigenvalue weighted by Gasteiger charge is -2.10. The second kappa shape index (κ2) is 52.9. The molecule has 0 aliphatic rings. The fourth-order valence-electron chi connectivity index (χ4n) is 9.04. The van der Waals surface area contributed by atoms with E-state index >= 15 is 0 Å². The van der Waals surface area contributed by atoms with Crippen LogP contribution in [0.2, 0.25) is 0 Å². The third-order valence-corrected chi connectivity index (χ3v) is 13.1. The predicted octanol–water partition coefficient (Wildman–Crippen LogP) is 19.3. The maximum absolute atomic E-state index is 10.4. The molecule has 0 aliphatic heterocycles. The Balaban J connectivity index is 3.14. The third kappa shape index (κ3) is 51.9. The molecule has 0 fully saturated rings. The van der Waals surface area contributed by atoms with Gasteiger partial charge >= 0.3 is 0 Å². The highest BCUT2D eigenvalue weighted by Gasteiger charge is 2.04. The zero-order valence-electron chi connectivity index (χ0n) is 39.2. The average Bonchev–Trinajstić information content (AvgIpc) is 3.20. The molecule has 0 saturated heterocycles. The number of hydrogen-bond acceptors (Lipinski definition) is 2. The van der Waals surface area contributed by atoms with Gasteiger partial charge in [-0.2, -0.15) is 0 Å². The molecule has 0 saturated carbocycles. The zero-order valence-corrected chi connectivity index (χ0v) is 39.2. The van der Waals surface area contributed by atoms with Gasteiger partial charge in [0, 0.05) is 6.61 Å². The van der Waals surface area contributed by atoms with Gasteiger partial charge in [-0.15, -0.1) is 0 Å². The number of hydrogen-bond donors (Lipinski definition) is 2. The van der Waals surface area contributed by atoms with Gasteiger partial charge in [0.05, 0.1) is 6.10 Å². The highest BCUT2D eigenvalue weighted by Crippen LogP contribution is 2.19. The van der Waals surface area contributed by atoms with E-state index in [1.807, 2.05) is 0 Å². The molecule has 0 bridgehead atoms. The molecule has 0 amide bonds. The summed E-state index contributed by atoms with van der Waals surface area (Å²) in [4.78, 5) is 0. The summed E-state index contributed by atoms with van der Waals surface area (Å²) in [6.07, 6.45) is 71.4. The third-order valence-electron chi connectivity index (χ3n) is 13.1. The first-order valence-corrected chi connectivity index (χ1v) is 27.1. The molecule has 0 radical (unpaired) electrons. The molecule has 0 aromatic rings. The van der Waals surface area contributed by atoms with Crippen LogP contribution in [0.1, 0.15) is 334 Å². The molecule has 338 valence electrons. The van der Waals surface area contributed by atoms with Crippen molar-refractivity contribution in [2.75, 3.05) is 6.61 Å². The standard InChI is InChI=1S/C54H110O2/c1-2-3-4-5-6-7-8-9-10-11-12-13-18-21-24-27-30-33-36-39-42-45-48-51-54(56)52-49-46-43-40-37-34-31-28-25-22-19-16-14-15-17-20-23-26-29-32-35-38-41-44-47-50-53-55/h54-56H,2-53H2,1H3. The molecule has 56 heavy (non-hydrogen) atoms. The summed E-state index contributed by atoms with van der Waals surface area (Å²) < 4.78 is 0. The van der Waals surface area contributed by atoms with Gasteiger partial charge in [0.15, 0.2) is 0 Å². The van der Waals surface area contributed by atoms with Crippen LogP contribution in [0.15, 0.2) is 0 Å². The van der Waals surface area contributed by atoms with Crippen LogP contribution in [0.25, 0.3) is 0 Å². The summed E-state index contributed by atoms with van der Waals surface area (Å²) in [5, 5.41) is 19.2. The van der Waals surface area contributed by atoms with Gasteiger partial charge < -0.3 is 10.2 Å². The molecular weight excluding hydrogens is 681 g/mol. The largest absolute Gasteiger partial charge is 0.396 e. The smallest absolute Gasteiger partial charge is 0.0540 e. The normalized spacial score (nSPS) is 12.3. The number of unbranched alkanes of at least 4 members (excludes halogenated alkanes) is 47. The monoisotopic (exact) mass is 791 g/mol. The number of rotatable bonds is 52. The Morgan fingerprint density at radius 1 is 0.214 bits per heavy atom. The van der Waals surface area contributed by atoms with Crippen LogP contribution in [0.5, 0.6) is 0 Å². The van der Waals surface area contributed by atoms with Crippen LogP contribution < -0.4 is 0 Å². The number of aliphatic hydroxyl groups excluding tert-OH is 2. The Labute approximate surface area is 356 Å². The second-order valence-electron chi connectivity index (χ2n) is 18.9. The van der Waals surface area contributed by atoms with E-state index in [-0.39, 0.29) is 6.10 Å². The summed E-state index contributed by atoms with van der Waals surface area (Å²) in [7, 11) is 0. The van der Waals surface area contributed by atoms with E-state index in [9.17, 15) is 5.11 Å². The van der Waals surface area contributed by atoms with E-state index in [1.165, 1.54) is 308 Å². The Morgan fingerprint density at radius 3 is 0.518 bits per heavy atom. The van der Waals surface area contributed by atoms with E-state index in [0.29, 0.717) is 6.61 Å². The van der Waals surface area contributed by atoms with Gasteiger partial charge in [0.25, 0.3) is 0 Å². The van der Waals surface area contributed by atoms with Crippen molar-refractivity contribution >= 4 is 0 Å². The van der Waals surface area contributed by atoms with Crippen LogP contribution >= 0.6 is 0 Å². The molecule has 2 nitrogen and oxygen atoms in total. The summed E-state index contributed by atoms with van der Waals surface area (Å²) in [6.45, 7) is 2.68. The van der Waals surface area contributed by atoms with Crippen molar-refractivity contribution in [3.05, 3.63) is 0 Å². The minimum Gasteiger partial charge on any atom is -0.396 e. The highest BCUT2D eigenvalue weighted by molar-refractivity contribution is 4.59. The molecule has 2 N–H and O–H groups in total. The van der Waals surface area contributed by atoms with Gasteiger partial charge in [-0.1, -0.05) is 315 Å². The lowest BCUT2D eigenvalue weighted by Crippen LogP contribution is -2.05. The van der Waals surface area contributed by atoms with E-state index in [1.54, 1.807) is 0 Å². The first-order chi connectivity index (χ1) is 27.8. The molecule has 0 aromatic carbocycles. The van der Waals surface area contributed by atoms with E-state index in [4.69, 9.17) is 5.11 Å². The average molecular weight is 791 g/mol. The fourth-order valence-corrected chi connectivity index (χ4v) is 9.04. The molecule has 1 unspecified atom stereocenters. The molecular formula is C54H110O2. The zero-order chi connectivity index (χ0) is 40.3. The summed E-state index contributed by atoms with van der Waals surface area (Å²) >= 11 is 0. The van der Waals surface area contributed by atoms with Crippen molar-refractivity contribution in [2.45, 2.75) is 340 Å². The Kier molecular flexibility index (Phi) is 52.9. The Bertz CT molecular complexity index is 648. The van der Waals surface area contributed by atoms with Gasteiger partial charge in [0.1, 0.15) is 0 Å². The lowest BCUT2D eigenvalue weighted by atomic mass is 10.0. The van der Waals surface area contributed by atoms with Crippen LogP contribution in [0.4, 0.5) is 0 Å². The Morgan fingerprint density at radius 2 is 0.357 bits per heavy atom. The summed E-state index contributed by atoms with van der Waals surface area (Å²) in [5.74, 6) is 0. The first kappa shape index (κ1) is 55.9. The summed E-state index contributed by atoms with van der Waals surface area (Å²) in [6, 6.07) is 0. The maximum atomic E-state index is 10.4. The van der Waals surface area contributed by atoms with Crippen LogP contribution in [-0.2, 0) is 0 Å². The van der Waals surface area contributed by atoms with Gasteiger partial charge in [-0.05, 0) is 19.3 Å². The van der Waals surface area contributed by atoms with Crippen molar-refractivity contribution in [1.29, 1.82) is 0 Å². The molecule has 0 aromatic heterocycles. The van der Waals surface area contributed by atoms with Crippen molar-refractivity contribution in [3.8, 4) is 0 Å². The van der Waals surface area contributed by atoms with Crippen molar-refractivity contribution in [1.82, 2.24) is 0 Å². The summed E-state index contributed by atoms with van der Waals surface area (Å²) in [5.41, 5.74) is 0. The predicted molar refractivity (Wildman–Crippen MR) is 254 cm³/mol. The van der Waals surface area contributed by atoms with Crippen molar-refractivity contribution < 1.29 is 10.2 Å². The van der Waals surface area contributed by atoms with Crippen LogP contribution in [-0.4, -0.2) is 22.9 Å². The molecule has 0 spiro atoms. The van der Waals surface area contributed by atoms with Crippen LogP contribution in [0.3, 0.4) is 0 Å². The minimum absolute atomic E-state index is 0.0423. The minimum atomic E-state index is -0.0423. The van der Waals surface area contributed by atoms with E-state index < -0.39 is 0 Å². The van der Waals surface area contributed by atoms with E-state index in [0.717, 1.165) is 19.3 Å². The quantitative estimate of drug-likeness (QED) is 0.0603.